The van der Waals surface area contributed by atoms with Crippen LogP contribution in [-0.4, -0.2) is 37.9 Å². The first-order valence-corrected chi connectivity index (χ1v) is 6.04. The van der Waals surface area contributed by atoms with Crippen molar-refractivity contribution in [3.05, 3.63) is 28.8 Å². The number of nitrogens with zero attached hydrogens (tertiary/aromatic N) is 1. The number of rotatable bonds is 3. The maximum atomic E-state index is 11.8. The van der Waals surface area contributed by atoms with Crippen molar-refractivity contribution in [2.24, 2.45) is 0 Å². The van der Waals surface area contributed by atoms with Gasteiger partial charge < -0.3 is 5.11 Å². The number of sulfonamides is 1. The van der Waals surface area contributed by atoms with Gasteiger partial charge >= 0.3 is 5.97 Å². The van der Waals surface area contributed by atoms with E-state index in [2.05, 4.69) is 0 Å². The van der Waals surface area contributed by atoms with Gasteiger partial charge in [0.15, 0.2) is 0 Å². The van der Waals surface area contributed by atoms with Crippen molar-refractivity contribution in [1.82, 2.24) is 4.31 Å². The van der Waals surface area contributed by atoms with Crippen LogP contribution in [0.3, 0.4) is 0 Å². The van der Waals surface area contributed by atoms with Gasteiger partial charge in [-0.15, -0.1) is 0 Å². The topological polar surface area (TPSA) is 74.7 Å². The number of carboxylic acids is 1. The number of hydrogen-bond acceptors (Lipinski definition) is 3. The molecule has 1 aromatic rings. The summed E-state index contributed by atoms with van der Waals surface area (Å²) in [4.78, 5) is 10.6. The third kappa shape index (κ3) is 2.34. The molecule has 0 atom stereocenters. The molecule has 88 valence electrons. The molecule has 0 bridgehead atoms. The van der Waals surface area contributed by atoms with Crippen LogP contribution in [0.5, 0.6) is 0 Å². The van der Waals surface area contributed by atoms with Crippen molar-refractivity contribution in [2.45, 2.75) is 4.90 Å². The highest BCUT2D eigenvalue weighted by atomic mass is 35.5. The molecule has 0 spiro atoms. The average molecular weight is 264 g/mol. The molecule has 0 fully saturated rings. The lowest BCUT2D eigenvalue weighted by Gasteiger charge is -2.13. The minimum absolute atomic E-state index is 0.172. The second-order valence-corrected chi connectivity index (χ2v) is 5.79. The summed E-state index contributed by atoms with van der Waals surface area (Å²) in [6, 6.07) is 3.63. The van der Waals surface area contributed by atoms with Gasteiger partial charge in [0, 0.05) is 19.1 Å². The van der Waals surface area contributed by atoms with E-state index >= 15 is 0 Å². The monoisotopic (exact) mass is 263 g/mol. The molecule has 5 nitrogen and oxygen atoms in total. The van der Waals surface area contributed by atoms with E-state index in [1.165, 1.54) is 26.2 Å². The normalized spacial score (nSPS) is 11.8. The Kier molecular flexibility index (Phi) is 3.57. The van der Waals surface area contributed by atoms with Gasteiger partial charge in [0.1, 0.15) is 0 Å². The number of benzene rings is 1. The van der Waals surface area contributed by atoms with Crippen molar-refractivity contribution in [2.75, 3.05) is 14.1 Å². The molecule has 0 saturated heterocycles. The number of aromatic carboxylic acids is 1. The smallest absolute Gasteiger partial charge is 0.337 e. The predicted molar refractivity (Wildman–Crippen MR) is 59.3 cm³/mol. The maximum Gasteiger partial charge on any atom is 0.337 e. The van der Waals surface area contributed by atoms with Gasteiger partial charge in [0.2, 0.25) is 10.0 Å². The van der Waals surface area contributed by atoms with Crippen LogP contribution in [0.1, 0.15) is 10.4 Å². The first kappa shape index (κ1) is 13.0. The molecule has 0 aliphatic heterocycles. The predicted octanol–water partition coefficient (Wildman–Crippen LogP) is 1.29. The zero-order valence-electron chi connectivity index (χ0n) is 8.64. The Morgan fingerprint density at radius 2 is 1.94 bits per heavy atom. The van der Waals surface area contributed by atoms with Crippen molar-refractivity contribution in [3.8, 4) is 0 Å². The molecule has 1 rings (SSSR count). The van der Waals surface area contributed by atoms with Crippen molar-refractivity contribution < 1.29 is 18.3 Å². The summed E-state index contributed by atoms with van der Waals surface area (Å²) in [7, 11) is -1.16. The van der Waals surface area contributed by atoms with Crippen LogP contribution in [0, 0.1) is 0 Å². The van der Waals surface area contributed by atoms with E-state index in [0.29, 0.717) is 0 Å². The minimum atomic E-state index is -3.81. The summed E-state index contributed by atoms with van der Waals surface area (Å²) >= 11 is 5.66. The molecule has 7 heteroatoms. The molecule has 0 aromatic heterocycles. The largest absolute Gasteiger partial charge is 0.478 e. The Morgan fingerprint density at radius 3 is 2.38 bits per heavy atom. The highest BCUT2D eigenvalue weighted by Gasteiger charge is 2.24. The summed E-state index contributed by atoms with van der Waals surface area (Å²) in [5.74, 6) is -1.31. The first-order chi connectivity index (χ1) is 7.26. The Labute approximate surface area is 98.3 Å². The lowest BCUT2D eigenvalue weighted by Crippen LogP contribution is -2.24. The Morgan fingerprint density at radius 1 is 1.38 bits per heavy atom. The molecule has 16 heavy (non-hydrogen) atoms. The zero-order valence-corrected chi connectivity index (χ0v) is 10.2. The quantitative estimate of drug-likeness (QED) is 0.892. The summed E-state index contributed by atoms with van der Waals surface area (Å²) in [5, 5.41) is 9.05. The molecule has 0 radical (unpaired) electrons. The molecular weight excluding hydrogens is 254 g/mol. The zero-order chi connectivity index (χ0) is 12.5. The first-order valence-electron chi connectivity index (χ1n) is 4.22. The summed E-state index contributed by atoms with van der Waals surface area (Å²) in [6.07, 6.45) is 0. The van der Waals surface area contributed by atoms with Gasteiger partial charge in [-0.05, 0) is 18.2 Å². The third-order valence-corrected chi connectivity index (χ3v) is 4.02. The Bertz CT molecular complexity index is 524. The number of carbonyl (C=O) groups is 1. The highest BCUT2D eigenvalue weighted by molar-refractivity contribution is 7.89. The Hall–Kier alpha value is -1.11. The van der Waals surface area contributed by atoms with E-state index < -0.39 is 16.0 Å². The summed E-state index contributed by atoms with van der Waals surface area (Å²) in [6.45, 7) is 0. The van der Waals surface area contributed by atoms with E-state index in [0.717, 1.165) is 10.4 Å². The van der Waals surface area contributed by atoms with E-state index in [4.69, 9.17) is 16.7 Å². The Balaban J connectivity index is 3.54. The lowest BCUT2D eigenvalue weighted by molar-refractivity contribution is 0.0692. The second-order valence-electron chi connectivity index (χ2n) is 3.23. The van der Waals surface area contributed by atoms with Gasteiger partial charge in [-0.2, -0.15) is 0 Å². The van der Waals surface area contributed by atoms with Crippen LogP contribution in [-0.2, 0) is 10.0 Å². The maximum absolute atomic E-state index is 11.8. The SMILES string of the molecule is CN(C)S(=O)(=O)c1cc(Cl)ccc1C(=O)O. The van der Waals surface area contributed by atoms with E-state index in [9.17, 15) is 13.2 Å². The number of halogens is 1. The van der Waals surface area contributed by atoms with Crippen LogP contribution in [0.25, 0.3) is 0 Å². The highest BCUT2D eigenvalue weighted by Crippen LogP contribution is 2.22. The molecule has 1 aromatic carbocycles. The van der Waals surface area contributed by atoms with Crippen LogP contribution in [0.15, 0.2) is 23.1 Å². The van der Waals surface area contributed by atoms with Crippen LogP contribution in [0.2, 0.25) is 5.02 Å². The standard InChI is InChI=1S/C9H10ClNO4S/c1-11(2)16(14,15)8-5-6(10)3-4-7(8)9(12)13/h3-5H,1-2H3,(H,12,13). The van der Waals surface area contributed by atoms with Gasteiger partial charge in [-0.3, -0.25) is 0 Å². The van der Waals surface area contributed by atoms with Gasteiger partial charge in [-0.25, -0.2) is 17.5 Å². The third-order valence-electron chi connectivity index (χ3n) is 1.93. The fourth-order valence-electron chi connectivity index (χ4n) is 1.08. The van der Waals surface area contributed by atoms with Gasteiger partial charge in [0.25, 0.3) is 0 Å². The van der Waals surface area contributed by atoms with Gasteiger partial charge in [-0.1, -0.05) is 11.6 Å². The van der Waals surface area contributed by atoms with Crippen molar-refractivity contribution in [1.29, 1.82) is 0 Å². The summed E-state index contributed by atoms with van der Waals surface area (Å²) < 4.78 is 24.6. The van der Waals surface area contributed by atoms with E-state index in [-0.39, 0.29) is 15.5 Å². The molecular formula is C9H10ClNO4S. The number of hydrogen-bond donors (Lipinski definition) is 1. The van der Waals surface area contributed by atoms with Crippen LogP contribution >= 0.6 is 11.6 Å². The molecule has 0 aliphatic carbocycles. The summed E-state index contributed by atoms with van der Waals surface area (Å²) in [5.41, 5.74) is -0.293. The molecule has 1 N–H and O–H groups in total. The van der Waals surface area contributed by atoms with Crippen LogP contribution < -0.4 is 0 Å². The van der Waals surface area contributed by atoms with Gasteiger partial charge in [0.05, 0.1) is 10.5 Å². The fraction of sp³-hybridized carbons (Fsp3) is 0.222. The fourth-order valence-corrected chi connectivity index (χ4v) is 2.42. The second kappa shape index (κ2) is 4.40. The molecule has 0 saturated carbocycles. The average Bonchev–Trinajstić information content (AvgIpc) is 2.16. The molecule has 0 amide bonds. The minimum Gasteiger partial charge on any atom is -0.478 e. The molecule has 0 aliphatic rings. The van der Waals surface area contributed by atoms with E-state index in [1.54, 1.807) is 0 Å². The molecule has 0 heterocycles. The molecule has 0 unspecified atom stereocenters. The van der Waals surface area contributed by atoms with Crippen LogP contribution in [0.4, 0.5) is 0 Å². The van der Waals surface area contributed by atoms with Crippen molar-refractivity contribution in [3.63, 3.8) is 0 Å². The lowest BCUT2D eigenvalue weighted by atomic mass is 10.2. The van der Waals surface area contributed by atoms with E-state index in [1.807, 2.05) is 0 Å². The van der Waals surface area contributed by atoms with Crippen molar-refractivity contribution >= 4 is 27.6 Å². The number of carboxylic acid groups (broad SMARTS) is 1.